The second-order valence-electron chi connectivity index (χ2n) is 9.62. The predicted molar refractivity (Wildman–Crippen MR) is 155 cm³/mol. The summed E-state index contributed by atoms with van der Waals surface area (Å²) in [7, 11) is 0. The molecule has 0 saturated carbocycles. The van der Waals surface area contributed by atoms with Gasteiger partial charge in [0.05, 0.1) is 22.6 Å². The van der Waals surface area contributed by atoms with Crippen LogP contribution in [0.15, 0.2) is 102 Å². The number of carbonyl (C=O) groups excluding carboxylic acids is 1. The number of rotatable bonds is 9. The summed E-state index contributed by atoms with van der Waals surface area (Å²) < 4.78 is 1.69. The molecule has 192 valence electrons. The number of benzene rings is 4. The molecular weight excluding hydrogens is 470 g/mol. The SMILES string of the molecule is CCCCCN(C(=O)c1cccc2ccccc12)C(CC)c1nc2ccccc2c(=O)n1-c1ccccc1. The van der Waals surface area contributed by atoms with Gasteiger partial charge in [0.25, 0.3) is 11.5 Å². The summed E-state index contributed by atoms with van der Waals surface area (Å²) in [6.45, 7) is 4.81. The number of amides is 1. The van der Waals surface area contributed by atoms with Gasteiger partial charge in [0.2, 0.25) is 0 Å². The molecule has 0 saturated heterocycles. The Bertz CT molecular complexity index is 1620. The van der Waals surface area contributed by atoms with Crippen LogP contribution in [0.5, 0.6) is 0 Å². The number of hydrogen-bond donors (Lipinski definition) is 0. The van der Waals surface area contributed by atoms with Crippen LogP contribution in [0.3, 0.4) is 0 Å². The third kappa shape index (κ3) is 4.84. The first-order chi connectivity index (χ1) is 18.6. The lowest BCUT2D eigenvalue weighted by Crippen LogP contribution is -2.39. The molecule has 0 aliphatic carbocycles. The van der Waals surface area contributed by atoms with E-state index in [-0.39, 0.29) is 17.5 Å². The highest BCUT2D eigenvalue weighted by Crippen LogP contribution is 2.30. The zero-order valence-electron chi connectivity index (χ0n) is 22.0. The third-order valence-corrected chi connectivity index (χ3v) is 7.16. The summed E-state index contributed by atoms with van der Waals surface area (Å²) in [5.41, 5.74) is 1.94. The van der Waals surface area contributed by atoms with Gasteiger partial charge >= 0.3 is 0 Å². The minimum atomic E-state index is -0.379. The van der Waals surface area contributed by atoms with Crippen molar-refractivity contribution < 1.29 is 4.79 Å². The molecule has 1 amide bonds. The largest absolute Gasteiger partial charge is 0.328 e. The van der Waals surface area contributed by atoms with Crippen LogP contribution in [-0.4, -0.2) is 26.9 Å². The monoisotopic (exact) mass is 503 g/mol. The van der Waals surface area contributed by atoms with Crippen molar-refractivity contribution in [3.05, 3.63) is 119 Å². The van der Waals surface area contributed by atoms with Crippen LogP contribution in [0.25, 0.3) is 27.4 Å². The zero-order chi connectivity index (χ0) is 26.5. The summed E-state index contributed by atoms with van der Waals surface area (Å²) in [5, 5.41) is 2.53. The Labute approximate surface area is 223 Å². The average molecular weight is 504 g/mol. The standard InChI is InChI=1S/C33H33N3O2/c1-3-5-13-23-35(32(37)27-21-14-16-24-15-9-10-19-26(24)27)30(4-2)31-34-29-22-12-11-20-28(29)33(38)36(31)25-17-7-6-8-18-25/h6-12,14-22,30H,3-5,13,23H2,1-2H3. The summed E-state index contributed by atoms with van der Waals surface area (Å²) in [6, 6.07) is 30.5. The van der Waals surface area contributed by atoms with Crippen molar-refractivity contribution in [1.82, 2.24) is 14.5 Å². The molecule has 0 radical (unpaired) electrons. The van der Waals surface area contributed by atoms with E-state index in [9.17, 15) is 9.59 Å². The van der Waals surface area contributed by atoms with Gasteiger partial charge in [-0.05, 0) is 53.9 Å². The van der Waals surface area contributed by atoms with Crippen molar-refractivity contribution in [2.24, 2.45) is 0 Å². The number of nitrogens with zero attached hydrogens (tertiary/aromatic N) is 3. The molecule has 1 heterocycles. The highest BCUT2D eigenvalue weighted by atomic mass is 16.2. The van der Waals surface area contributed by atoms with Crippen LogP contribution in [0, 0.1) is 0 Å². The zero-order valence-corrected chi connectivity index (χ0v) is 22.0. The molecule has 5 rings (SSSR count). The van der Waals surface area contributed by atoms with Gasteiger partial charge in [-0.25, -0.2) is 4.98 Å². The van der Waals surface area contributed by atoms with Gasteiger partial charge in [0.15, 0.2) is 0 Å². The molecule has 5 nitrogen and oxygen atoms in total. The molecule has 0 aliphatic rings. The average Bonchev–Trinajstić information content (AvgIpc) is 2.97. The van der Waals surface area contributed by atoms with E-state index in [0.29, 0.717) is 35.3 Å². The van der Waals surface area contributed by atoms with Gasteiger partial charge in [-0.1, -0.05) is 93.4 Å². The van der Waals surface area contributed by atoms with Gasteiger partial charge in [-0.2, -0.15) is 0 Å². The second kappa shape index (κ2) is 11.4. The Hall–Kier alpha value is -4.25. The first-order valence-electron chi connectivity index (χ1n) is 13.5. The number of hydrogen-bond acceptors (Lipinski definition) is 3. The Kier molecular flexibility index (Phi) is 7.64. The maximum absolute atomic E-state index is 14.3. The topological polar surface area (TPSA) is 55.2 Å². The van der Waals surface area contributed by atoms with E-state index >= 15 is 0 Å². The smallest absolute Gasteiger partial charge is 0.266 e. The highest BCUT2D eigenvalue weighted by molar-refractivity contribution is 6.07. The highest BCUT2D eigenvalue weighted by Gasteiger charge is 2.30. The summed E-state index contributed by atoms with van der Waals surface area (Å²) >= 11 is 0. The van der Waals surface area contributed by atoms with E-state index in [2.05, 4.69) is 13.8 Å². The number of fused-ring (bicyclic) bond motifs is 2. The van der Waals surface area contributed by atoms with Crippen molar-refractivity contribution in [1.29, 1.82) is 0 Å². The van der Waals surface area contributed by atoms with E-state index in [4.69, 9.17) is 4.98 Å². The number of para-hydroxylation sites is 2. The molecule has 5 aromatic rings. The summed E-state index contributed by atoms with van der Waals surface area (Å²) in [5.74, 6) is 0.555. The van der Waals surface area contributed by atoms with E-state index in [1.54, 1.807) is 4.57 Å². The van der Waals surface area contributed by atoms with Gasteiger partial charge in [0.1, 0.15) is 5.82 Å². The molecule has 1 atom stereocenters. The molecule has 1 unspecified atom stereocenters. The number of aromatic nitrogens is 2. The molecule has 0 fully saturated rings. The second-order valence-corrected chi connectivity index (χ2v) is 9.62. The lowest BCUT2D eigenvalue weighted by Gasteiger charge is -2.33. The van der Waals surface area contributed by atoms with Crippen LogP contribution in [0.2, 0.25) is 0 Å². The van der Waals surface area contributed by atoms with Crippen molar-refractivity contribution >= 4 is 27.6 Å². The maximum atomic E-state index is 14.3. The van der Waals surface area contributed by atoms with Crippen molar-refractivity contribution in [3.8, 4) is 5.69 Å². The maximum Gasteiger partial charge on any atom is 0.266 e. The van der Waals surface area contributed by atoms with Gasteiger partial charge in [-0.3, -0.25) is 14.2 Å². The van der Waals surface area contributed by atoms with Gasteiger partial charge in [-0.15, -0.1) is 0 Å². The van der Waals surface area contributed by atoms with Crippen molar-refractivity contribution in [2.45, 2.75) is 45.6 Å². The third-order valence-electron chi connectivity index (χ3n) is 7.16. The lowest BCUT2D eigenvalue weighted by atomic mass is 10.0. The fourth-order valence-electron chi connectivity index (χ4n) is 5.24. The van der Waals surface area contributed by atoms with E-state index in [1.807, 2.05) is 102 Å². The molecule has 38 heavy (non-hydrogen) atoms. The molecule has 4 aromatic carbocycles. The predicted octanol–water partition coefficient (Wildman–Crippen LogP) is 7.32. The minimum absolute atomic E-state index is 0.0354. The number of carbonyl (C=O) groups is 1. The first kappa shape index (κ1) is 25.4. The fourth-order valence-corrected chi connectivity index (χ4v) is 5.24. The van der Waals surface area contributed by atoms with Crippen LogP contribution in [-0.2, 0) is 0 Å². The van der Waals surface area contributed by atoms with Gasteiger partial charge < -0.3 is 4.90 Å². The summed E-state index contributed by atoms with van der Waals surface area (Å²) in [4.78, 5) is 35.2. The molecule has 0 bridgehead atoms. The quantitative estimate of drug-likeness (QED) is 0.198. The molecule has 0 N–H and O–H groups in total. The molecule has 1 aromatic heterocycles. The molecule has 0 spiro atoms. The molecular formula is C33H33N3O2. The van der Waals surface area contributed by atoms with Gasteiger partial charge in [0, 0.05) is 12.1 Å². The Balaban J connectivity index is 1.71. The van der Waals surface area contributed by atoms with E-state index in [0.717, 1.165) is 35.7 Å². The first-order valence-corrected chi connectivity index (χ1v) is 13.5. The number of unbranched alkanes of at least 4 members (excludes halogenated alkanes) is 2. The Morgan fingerprint density at radius 3 is 2.26 bits per heavy atom. The van der Waals surface area contributed by atoms with Crippen molar-refractivity contribution in [3.63, 3.8) is 0 Å². The molecule has 0 aliphatic heterocycles. The van der Waals surface area contributed by atoms with E-state index in [1.165, 1.54) is 0 Å². The van der Waals surface area contributed by atoms with Crippen LogP contribution in [0.1, 0.15) is 61.8 Å². The van der Waals surface area contributed by atoms with Crippen LogP contribution in [0.4, 0.5) is 0 Å². The van der Waals surface area contributed by atoms with Crippen LogP contribution >= 0.6 is 0 Å². The minimum Gasteiger partial charge on any atom is -0.328 e. The fraction of sp³-hybridized carbons (Fsp3) is 0.242. The van der Waals surface area contributed by atoms with Crippen LogP contribution < -0.4 is 5.56 Å². The lowest BCUT2D eigenvalue weighted by molar-refractivity contribution is 0.0657. The van der Waals surface area contributed by atoms with E-state index < -0.39 is 0 Å². The normalized spacial score (nSPS) is 12.1. The van der Waals surface area contributed by atoms with Crippen molar-refractivity contribution in [2.75, 3.05) is 6.54 Å². The Morgan fingerprint density at radius 1 is 0.816 bits per heavy atom. The summed E-state index contributed by atoms with van der Waals surface area (Å²) in [6.07, 6.45) is 3.58. The Morgan fingerprint density at radius 2 is 1.50 bits per heavy atom. The molecule has 5 heteroatoms.